The quantitative estimate of drug-likeness (QED) is 0.194. The molecule has 0 saturated carbocycles. The molecule has 0 amide bonds. The number of halogens is 1. The van der Waals surface area contributed by atoms with E-state index in [2.05, 4.69) is 13.2 Å². The van der Waals surface area contributed by atoms with Crippen molar-refractivity contribution < 1.29 is 19.1 Å². The van der Waals surface area contributed by atoms with Crippen molar-refractivity contribution in [1.82, 2.24) is 0 Å². The van der Waals surface area contributed by atoms with Gasteiger partial charge in [0.05, 0.1) is 18.9 Å². The molecule has 0 bridgehead atoms. The van der Waals surface area contributed by atoms with E-state index in [-0.39, 0.29) is 11.9 Å². The molecule has 0 heterocycles. The molecular weight excluding hydrogens is 412 g/mol. The zero-order chi connectivity index (χ0) is 25.0. The first-order valence-electron chi connectivity index (χ1n) is 10.8. The number of hydrogen-bond donors (Lipinski definition) is 0. The summed E-state index contributed by atoms with van der Waals surface area (Å²) in [7, 11) is 1.34. The van der Waals surface area contributed by atoms with Crippen LogP contribution >= 0.6 is 11.6 Å². The van der Waals surface area contributed by atoms with Crippen LogP contribution in [-0.2, 0) is 19.1 Å². The van der Waals surface area contributed by atoms with E-state index in [1.807, 2.05) is 67.5 Å². The predicted molar refractivity (Wildman–Crippen MR) is 134 cm³/mol. The van der Waals surface area contributed by atoms with Crippen LogP contribution in [0.1, 0.15) is 68.2 Å². The van der Waals surface area contributed by atoms with E-state index in [4.69, 9.17) is 21.1 Å². The summed E-state index contributed by atoms with van der Waals surface area (Å²) in [5.74, 6) is -1.50. The zero-order valence-corrected chi connectivity index (χ0v) is 21.7. The Morgan fingerprint density at radius 1 is 0.968 bits per heavy atom. The number of hydrogen-bond acceptors (Lipinski definition) is 4. The molecule has 0 aromatic rings. The van der Waals surface area contributed by atoms with Crippen LogP contribution < -0.4 is 0 Å². The van der Waals surface area contributed by atoms with Gasteiger partial charge in [-0.25, -0.2) is 0 Å². The number of esters is 2. The van der Waals surface area contributed by atoms with E-state index >= 15 is 0 Å². The number of ether oxygens (including phenoxy) is 2. The summed E-state index contributed by atoms with van der Waals surface area (Å²) >= 11 is 5.94. The molecular formula is C26H43ClO4. The Morgan fingerprint density at radius 3 is 1.90 bits per heavy atom. The third kappa shape index (κ3) is 17.3. The molecule has 31 heavy (non-hydrogen) atoms. The van der Waals surface area contributed by atoms with Crippen molar-refractivity contribution in [3.63, 3.8) is 0 Å². The third-order valence-electron chi connectivity index (χ3n) is 3.66. The van der Waals surface area contributed by atoms with E-state index in [1.54, 1.807) is 18.2 Å². The van der Waals surface area contributed by atoms with Crippen molar-refractivity contribution in [3.05, 3.63) is 60.2 Å². The average Bonchev–Trinajstić information content (AvgIpc) is 2.75. The van der Waals surface area contributed by atoms with Crippen molar-refractivity contribution >= 4 is 23.5 Å². The first kappa shape index (κ1) is 33.6. The Morgan fingerprint density at radius 2 is 1.48 bits per heavy atom. The van der Waals surface area contributed by atoms with Crippen LogP contribution in [-0.4, -0.2) is 24.6 Å². The Balaban J connectivity index is -0.00000184. The minimum absolute atomic E-state index is 0.308. The van der Waals surface area contributed by atoms with Crippen LogP contribution in [0.3, 0.4) is 0 Å². The Kier molecular flexibility index (Phi) is 21.5. The highest BCUT2D eigenvalue weighted by atomic mass is 35.5. The lowest BCUT2D eigenvalue weighted by atomic mass is 9.95. The maximum absolute atomic E-state index is 12.6. The van der Waals surface area contributed by atoms with Crippen molar-refractivity contribution in [2.24, 2.45) is 11.8 Å². The third-order valence-corrected chi connectivity index (χ3v) is 3.94. The average molecular weight is 455 g/mol. The monoisotopic (exact) mass is 454 g/mol. The van der Waals surface area contributed by atoms with Gasteiger partial charge >= 0.3 is 11.9 Å². The van der Waals surface area contributed by atoms with E-state index in [9.17, 15) is 9.59 Å². The van der Waals surface area contributed by atoms with Gasteiger partial charge in [0.15, 0.2) is 0 Å². The molecule has 4 nitrogen and oxygen atoms in total. The lowest BCUT2D eigenvalue weighted by Gasteiger charge is -2.24. The Hall–Kier alpha value is -2.07. The van der Waals surface area contributed by atoms with E-state index < -0.39 is 17.4 Å². The number of methoxy groups -OCH3 is 1. The second-order valence-corrected chi connectivity index (χ2v) is 7.50. The minimum Gasteiger partial charge on any atom is -0.469 e. The topological polar surface area (TPSA) is 52.6 Å². The van der Waals surface area contributed by atoms with Gasteiger partial charge < -0.3 is 9.47 Å². The van der Waals surface area contributed by atoms with Crippen LogP contribution in [0, 0.1) is 11.8 Å². The summed E-state index contributed by atoms with van der Waals surface area (Å²) in [6, 6.07) is 0. The molecule has 178 valence electrons. The molecule has 5 heteroatoms. The first-order valence-corrected chi connectivity index (χ1v) is 11.2. The minimum atomic E-state index is -0.577. The fourth-order valence-corrected chi connectivity index (χ4v) is 2.21. The molecule has 0 aliphatic rings. The predicted octanol–water partition coefficient (Wildman–Crippen LogP) is 7.56. The smallest absolute Gasteiger partial charge is 0.313 e. The molecule has 0 saturated heterocycles. The standard InChI is InChI=1S/C22H31ClO4.2C2H6/c1-8-17(20(24)26-7)12-10-11-13-19(21(25)27-22(4,5)6)16(3)14-15-18(23)9-2;2*1-2/h8-11,14-15,17,19H,1-2,12-13H2,3-7H3;2*1-2H3/b11-10+,16-14+,18-15+;;. The maximum atomic E-state index is 12.6. The highest BCUT2D eigenvalue weighted by molar-refractivity contribution is 6.31. The molecule has 0 fully saturated rings. The summed E-state index contributed by atoms with van der Waals surface area (Å²) in [6.45, 7) is 22.6. The van der Waals surface area contributed by atoms with Crippen molar-refractivity contribution in [2.45, 2.75) is 73.8 Å². The molecule has 2 atom stereocenters. The van der Waals surface area contributed by atoms with Crippen LogP contribution in [0.2, 0.25) is 0 Å². The van der Waals surface area contributed by atoms with E-state index in [1.165, 1.54) is 13.2 Å². The van der Waals surface area contributed by atoms with Crippen molar-refractivity contribution in [1.29, 1.82) is 0 Å². The van der Waals surface area contributed by atoms with Gasteiger partial charge in [0.2, 0.25) is 0 Å². The summed E-state index contributed by atoms with van der Waals surface area (Å²) in [5, 5.41) is 0.486. The van der Waals surface area contributed by atoms with Crippen LogP contribution in [0.15, 0.2) is 60.2 Å². The summed E-state index contributed by atoms with van der Waals surface area (Å²) in [6.07, 6.45) is 11.2. The molecule has 0 aliphatic heterocycles. The molecule has 2 unspecified atom stereocenters. The fourth-order valence-electron chi connectivity index (χ4n) is 2.15. The van der Waals surface area contributed by atoms with E-state index in [0.29, 0.717) is 17.9 Å². The molecule has 0 spiro atoms. The van der Waals surface area contributed by atoms with Crippen LogP contribution in [0.5, 0.6) is 0 Å². The Bertz CT molecular complexity index is 622. The zero-order valence-electron chi connectivity index (χ0n) is 21.0. The number of carbonyl (C=O) groups is 2. The summed E-state index contributed by atoms with van der Waals surface area (Å²) < 4.78 is 10.3. The Labute approximate surface area is 195 Å². The van der Waals surface area contributed by atoms with Crippen LogP contribution in [0.25, 0.3) is 0 Å². The number of allylic oxidation sites excluding steroid dienone is 6. The largest absolute Gasteiger partial charge is 0.469 e. The molecule has 0 rings (SSSR count). The SMILES string of the molecule is C=C/C(Cl)=C\C=C(/C)C(C/C=C/CC(C=C)C(=O)OC)C(=O)OC(C)(C)C.CC.CC. The maximum Gasteiger partial charge on any atom is 0.313 e. The highest BCUT2D eigenvalue weighted by Crippen LogP contribution is 2.22. The van der Waals surface area contributed by atoms with Crippen LogP contribution in [0.4, 0.5) is 0 Å². The summed E-state index contributed by atoms with van der Waals surface area (Å²) in [4.78, 5) is 24.2. The molecule has 0 aliphatic carbocycles. The van der Waals surface area contributed by atoms with Gasteiger partial charge in [-0.3, -0.25) is 9.59 Å². The summed E-state index contributed by atoms with van der Waals surface area (Å²) in [5.41, 5.74) is 0.245. The van der Waals surface area contributed by atoms with E-state index in [0.717, 1.165) is 5.57 Å². The van der Waals surface area contributed by atoms with Gasteiger partial charge in [-0.15, -0.1) is 6.58 Å². The molecule has 0 aromatic heterocycles. The van der Waals surface area contributed by atoms with Gasteiger partial charge in [-0.05, 0) is 46.6 Å². The van der Waals surface area contributed by atoms with Gasteiger partial charge in [0.1, 0.15) is 5.60 Å². The van der Waals surface area contributed by atoms with Gasteiger partial charge in [-0.2, -0.15) is 0 Å². The molecule has 0 aromatic carbocycles. The molecule has 0 radical (unpaired) electrons. The fraction of sp³-hybridized carbons (Fsp3) is 0.538. The van der Waals surface area contributed by atoms with Gasteiger partial charge in [0.25, 0.3) is 0 Å². The first-order chi connectivity index (χ1) is 14.6. The number of carbonyl (C=O) groups excluding carboxylic acids is 2. The highest BCUT2D eigenvalue weighted by Gasteiger charge is 2.25. The lowest BCUT2D eigenvalue weighted by molar-refractivity contribution is -0.158. The van der Waals surface area contributed by atoms with Gasteiger partial charge in [0, 0.05) is 5.03 Å². The number of rotatable bonds is 10. The van der Waals surface area contributed by atoms with Gasteiger partial charge in [-0.1, -0.05) is 81.8 Å². The second-order valence-electron chi connectivity index (χ2n) is 7.06. The molecule has 0 N–H and O–H groups in total. The normalized spacial score (nSPS) is 13.6. The lowest BCUT2D eigenvalue weighted by Crippen LogP contribution is -2.29. The van der Waals surface area contributed by atoms with Crippen molar-refractivity contribution in [2.75, 3.05) is 7.11 Å². The van der Waals surface area contributed by atoms with Crippen molar-refractivity contribution in [3.8, 4) is 0 Å². The second kappa shape index (κ2) is 19.9.